The molecule has 1 heterocycles. The molecule has 0 aliphatic heterocycles. The maximum absolute atomic E-state index is 14.0. The van der Waals surface area contributed by atoms with E-state index in [1.165, 1.54) is 19.2 Å². The summed E-state index contributed by atoms with van der Waals surface area (Å²) in [5.41, 5.74) is 0.424. The van der Waals surface area contributed by atoms with E-state index in [0.717, 1.165) is 24.7 Å². The van der Waals surface area contributed by atoms with Crippen molar-refractivity contribution in [3.8, 4) is 0 Å². The molecule has 5 heteroatoms. The monoisotopic (exact) mass is 301 g/mol. The van der Waals surface area contributed by atoms with Gasteiger partial charge in [0.15, 0.2) is 11.6 Å². The summed E-state index contributed by atoms with van der Waals surface area (Å²) in [6.07, 6.45) is 6.18. The predicted molar refractivity (Wildman–Crippen MR) is 70.1 cm³/mol. The van der Waals surface area contributed by atoms with Crippen molar-refractivity contribution in [2.45, 2.75) is 38.6 Å². The molecule has 94 valence electrons. The highest BCUT2D eigenvalue weighted by molar-refractivity contribution is 9.09. The molecule has 1 aliphatic carbocycles. The van der Waals surface area contributed by atoms with Crippen LogP contribution in [-0.4, -0.2) is 27.9 Å². The van der Waals surface area contributed by atoms with Crippen LogP contribution in [0.4, 0.5) is 10.2 Å². The van der Waals surface area contributed by atoms with E-state index < -0.39 is 0 Å². The second-order valence-electron chi connectivity index (χ2n) is 4.42. The van der Waals surface area contributed by atoms with E-state index in [9.17, 15) is 4.39 Å². The Labute approximate surface area is 110 Å². The Kier molecular flexibility index (Phi) is 4.31. The number of alkyl halides is 1. The number of aromatic nitrogens is 2. The summed E-state index contributed by atoms with van der Waals surface area (Å²) in [5, 5.41) is 0.825. The van der Waals surface area contributed by atoms with E-state index in [-0.39, 0.29) is 5.82 Å². The lowest BCUT2D eigenvalue weighted by molar-refractivity contribution is 0.559. The average molecular weight is 302 g/mol. The molecule has 0 amide bonds. The number of aryl methyl sites for hydroxylation is 1. The molecule has 17 heavy (non-hydrogen) atoms. The first-order valence-corrected chi connectivity index (χ1v) is 7.16. The van der Waals surface area contributed by atoms with E-state index in [2.05, 4.69) is 30.8 Å². The zero-order chi connectivity index (χ0) is 12.3. The van der Waals surface area contributed by atoms with Crippen LogP contribution in [0.1, 0.15) is 31.4 Å². The SMILES string of the molecule is Cc1ncnc(N(CCBr)C2CCCC2)c1F. The lowest BCUT2D eigenvalue weighted by Gasteiger charge is -2.29. The van der Waals surface area contributed by atoms with Gasteiger partial charge in [-0.25, -0.2) is 14.4 Å². The molecule has 0 atom stereocenters. The van der Waals surface area contributed by atoms with E-state index in [1.807, 2.05) is 0 Å². The Morgan fingerprint density at radius 1 is 1.41 bits per heavy atom. The first-order valence-electron chi connectivity index (χ1n) is 6.03. The van der Waals surface area contributed by atoms with Gasteiger partial charge in [0.2, 0.25) is 0 Å². The molecule has 2 rings (SSSR count). The van der Waals surface area contributed by atoms with Crippen LogP contribution < -0.4 is 4.90 Å². The predicted octanol–water partition coefficient (Wildman–Crippen LogP) is 3.07. The topological polar surface area (TPSA) is 29.0 Å². The van der Waals surface area contributed by atoms with Gasteiger partial charge in [0, 0.05) is 17.9 Å². The highest BCUT2D eigenvalue weighted by Crippen LogP contribution is 2.28. The Balaban J connectivity index is 2.27. The fourth-order valence-electron chi connectivity index (χ4n) is 2.41. The first-order chi connectivity index (χ1) is 8.24. The van der Waals surface area contributed by atoms with Gasteiger partial charge in [-0.15, -0.1) is 0 Å². The third kappa shape index (κ3) is 2.76. The van der Waals surface area contributed by atoms with Gasteiger partial charge < -0.3 is 4.90 Å². The molecule has 0 spiro atoms. The van der Waals surface area contributed by atoms with Crippen molar-refractivity contribution in [1.82, 2.24) is 9.97 Å². The molecule has 0 saturated heterocycles. The number of nitrogens with zero attached hydrogens (tertiary/aromatic N) is 3. The minimum atomic E-state index is -0.277. The normalized spacial score (nSPS) is 16.4. The molecule has 0 N–H and O–H groups in total. The molecular weight excluding hydrogens is 285 g/mol. The van der Waals surface area contributed by atoms with Crippen molar-refractivity contribution in [3.63, 3.8) is 0 Å². The second kappa shape index (κ2) is 5.76. The van der Waals surface area contributed by atoms with Crippen molar-refractivity contribution in [2.75, 3.05) is 16.8 Å². The fourth-order valence-corrected chi connectivity index (χ4v) is 2.80. The Hall–Kier alpha value is -0.710. The summed E-state index contributed by atoms with van der Waals surface area (Å²) in [4.78, 5) is 10.1. The van der Waals surface area contributed by atoms with Gasteiger partial charge in [0.25, 0.3) is 0 Å². The van der Waals surface area contributed by atoms with Gasteiger partial charge in [0.05, 0.1) is 5.69 Å². The molecule has 0 aromatic carbocycles. The summed E-state index contributed by atoms with van der Waals surface area (Å²) >= 11 is 3.43. The number of anilines is 1. The molecule has 0 bridgehead atoms. The van der Waals surface area contributed by atoms with E-state index in [4.69, 9.17) is 0 Å². The molecule has 0 unspecified atom stereocenters. The maximum Gasteiger partial charge on any atom is 0.186 e. The smallest absolute Gasteiger partial charge is 0.186 e. The van der Waals surface area contributed by atoms with Gasteiger partial charge in [0.1, 0.15) is 6.33 Å². The number of hydrogen-bond donors (Lipinski definition) is 0. The number of rotatable bonds is 4. The zero-order valence-corrected chi connectivity index (χ0v) is 11.6. The second-order valence-corrected chi connectivity index (χ2v) is 5.21. The van der Waals surface area contributed by atoms with Crippen molar-refractivity contribution < 1.29 is 4.39 Å². The molecule has 1 aromatic heterocycles. The first kappa shape index (κ1) is 12.7. The summed E-state index contributed by atoms with van der Waals surface area (Å²) in [6.45, 7) is 2.47. The lowest BCUT2D eigenvalue weighted by Crippen LogP contribution is -2.36. The molecule has 1 fully saturated rings. The van der Waals surface area contributed by atoms with Gasteiger partial charge in [-0.3, -0.25) is 0 Å². The lowest BCUT2D eigenvalue weighted by atomic mass is 10.2. The van der Waals surface area contributed by atoms with Crippen molar-refractivity contribution in [2.24, 2.45) is 0 Å². The summed E-state index contributed by atoms with van der Waals surface area (Å²) in [5.74, 6) is 0.184. The maximum atomic E-state index is 14.0. The minimum absolute atomic E-state index is 0.277. The molecule has 1 saturated carbocycles. The summed E-state index contributed by atoms with van der Waals surface area (Å²) in [7, 11) is 0. The Morgan fingerprint density at radius 2 is 2.12 bits per heavy atom. The molecule has 3 nitrogen and oxygen atoms in total. The quantitative estimate of drug-likeness (QED) is 0.800. The molecule has 1 aromatic rings. The fraction of sp³-hybridized carbons (Fsp3) is 0.667. The van der Waals surface area contributed by atoms with Crippen molar-refractivity contribution in [1.29, 1.82) is 0 Å². The third-order valence-electron chi connectivity index (χ3n) is 3.31. The van der Waals surface area contributed by atoms with Gasteiger partial charge in [-0.1, -0.05) is 28.8 Å². The number of halogens is 2. The molecule has 1 aliphatic rings. The molecule has 0 radical (unpaired) electrons. The van der Waals surface area contributed by atoms with Crippen LogP contribution in [0.25, 0.3) is 0 Å². The van der Waals surface area contributed by atoms with E-state index >= 15 is 0 Å². The van der Waals surface area contributed by atoms with Crippen LogP contribution in [0, 0.1) is 12.7 Å². The third-order valence-corrected chi connectivity index (χ3v) is 3.66. The van der Waals surface area contributed by atoms with Crippen LogP contribution in [0.5, 0.6) is 0 Å². The summed E-state index contributed by atoms with van der Waals surface area (Å²) in [6, 6.07) is 0.427. The van der Waals surface area contributed by atoms with E-state index in [1.54, 1.807) is 6.92 Å². The van der Waals surface area contributed by atoms with Crippen molar-refractivity contribution in [3.05, 3.63) is 17.8 Å². The van der Waals surface area contributed by atoms with Gasteiger partial charge >= 0.3 is 0 Å². The highest BCUT2D eigenvalue weighted by Gasteiger charge is 2.25. The number of hydrogen-bond acceptors (Lipinski definition) is 3. The van der Waals surface area contributed by atoms with Crippen LogP contribution in [0.15, 0.2) is 6.33 Å². The average Bonchev–Trinajstić information content (AvgIpc) is 2.84. The van der Waals surface area contributed by atoms with Crippen LogP contribution >= 0.6 is 15.9 Å². The Morgan fingerprint density at radius 3 is 2.76 bits per heavy atom. The van der Waals surface area contributed by atoms with E-state index in [0.29, 0.717) is 17.6 Å². The standard InChI is InChI=1S/C12H17BrFN3/c1-9-11(14)12(16-8-15-9)17(7-6-13)10-4-2-3-5-10/h8,10H,2-7H2,1H3. The molecular formula is C12H17BrFN3. The largest absolute Gasteiger partial charge is 0.350 e. The highest BCUT2D eigenvalue weighted by atomic mass is 79.9. The van der Waals surface area contributed by atoms with Crippen LogP contribution in [-0.2, 0) is 0 Å². The Bertz CT molecular complexity index is 380. The zero-order valence-electron chi connectivity index (χ0n) is 9.99. The van der Waals surface area contributed by atoms with Crippen LogP contribution in [0.3, 0.4) is 0 Å². The van der Waals surface area contributed by atoms with Crippen molar-refractivity contribution >= 4 is 21.7 Å². The summed E-state index contributed by atoms with van der Waals surface area (Å²) < 4.78 is 14.0. The minimum Gasteiger partial charge on any atom is -0.350 e. The van der Waals surface area contributed by atoms with Crippen LogP contribution in [0.2, 0.25) is 0 Å². The van der Waals surface area contributed by atoms with Gasteiger partial charge in [-0.2, -0.15) is 0 Å². The van der Waals surface area contributed by atoms with Gasteiger partial charge in [-0.05, 0) is 19.8 Å².